The summed E-state index contributed by atoms with van der Waals surface area (Å²) in [6, 6.07) is 6.37. The van der Waals surface area contributed by atoms with Gasteiger partial charge in [0.1, 0.15) is 5.76 Å². The van der Waals surface area contributed by atoms with E-state index in [0.717, 1.165) is 47.8 Å². The fourth-order valence-electron chi connectivity index (χ4n) is 3.01. The van der Waals surface area contributed by atoms with Gasteiger partial charge in [0, 0.05) is 23.5 Å². The highest BCUT2D eigenvalue weighted by Crippen LogP contribution is 2.29. The van der Waals surface area contributed by atoms with Gasteiger partial charge in [-0.1, -0.05) is 22.9 Å². The van der Waals surface area contributed by atoms with Crippen molar-refractivity contribution in [3.63, 3.8) is 0 Å². The van der Waals surface area contributed by atoms with Gasteiger partial charge in [0.05, 0.1) is 11.4 Å². The van der Waals surface area contributed by atoms with Gasteiger partial charge in [0.25, 0.3) is 0 Å². The topological polar surface area (TPSA) is 46.3 Å². The van der Waals surface area contributed by atoms with Crippen LogP contribution in [0.5, 0.6) is 0 Å². The Morgan fingerprint density at radius 1 is 1.35 bits per heavy atom. The number of amides is 1. The number of benzene rings is 1. The molecule has 0 radical (unpaired) electrons. The highest BCUT2D eigenvalue weighted by molar-refractivity contribution is 7.99. The van der Waals surface area contributed by atoms with Crippen LogP contribution in [0, 0.1) is 20.8 Å². The molecule has 1 aromatic heterocycles. The molecule has 0 bridgehead atoms. The van der Waals surface area contributed by atoms with Gasteiger partial charge in [0.2, 0.25) is 5.91 Å². The second-order valence-corrected chi connectivity index (χ2v) is 7.06. The largest absolute Gasteiger partial charge is 0.361 e. The lowest BCUT2D eigenvalue weighted by Crippen LogP contribution is -2.36. The molecule has 0 saturated heterocycles. The van der Waals surface area contributed by atoms with Crippen molar-refractivity contribution in [3.8, 4) is 0 Å². The molecule has 4 nitrogen and oxygen atoms in total. The standard InChI is InChI=1S/C18H22N2O2S/c1-12-6-7-17-15(9-12)5-4-8-20(17)18(21)11-23-10-16-13(2)19-22-14(16)3/h6-7,9H,4-5,8,10-11H2,1-3H3. The first-order valence-electron chi connectivity index (χ1n) is 7.95. The van der Waals surface area contributed by atoms with Crippen LogP contribution in [-0.2, 0) is 17.0 Å². The van der Waals surface area contributed by atoms with E-state index >= 15 is 0 Å². The second kappa shape index (κ2) is 6.79. The molecule has 0 saturated carbocycles. The molecule has 0 N–H and O–H groups in total. The molecule has 0 spiro atoms. The Labute approximate surface area is 141 Å². The molecule has 2 aromatic rings. The number of rotatable bonds is 4. The Balaban J connectivity index is 1.64. The Morgan fingerprint density at radius 2 is 2.17 bits per heavy atom. The quantitative estimate of drug-likeness (QED) is 0.855. The van der Waals surface area contributed by atoms with E-state index in [1.165, 1.54) is 11.1 Å². The van der Waals surface area contributed by atoms with Gasteiger partial charge < -0.3 is 9.42 Å². The molecule has 0 unspecified atom stereocenters. The van der Waals surface area contributed by atoms with E-state index in [-0.39, 0.29) is 5.91 Å². The van der Waals surface area contributed by atoms with Gasteiger partial charge in [0.15, 0.2) is 0 Å². The molecular weight excluding hydrogens is 308 g/mol. The molecule has 0 aliphatic carbocycles. The fraction of sp³-hybridized carbons (Fsp3) is 0.444. The number of fused-ring (bicyclic) bond motifs is 1. The smallest absolute Gasteiger partial charge is 0.236 e. The number of nitrogens with zero attached hydrogens (tertiary/aromatic N) is 2. The Hall–Kier alpha value is -1.75. The highest BCUT2D eigenvalue weighted by Gasteiger charge is 2.22. The van der Waals surface area contributed by atoms with Gasteiger partial charge in [-0.15, -0.1) is 11.8 Å². The number of carbonyl (C=O) groups excluding carboxylic acids is 1. The zero-order valence-electron chi connectivity index (χ0n) is 13.9. The number of thioether (sulfide) groups is 1. The van der Waals surface area contributed by atoms with Gasteiger partial charge in [-0.2, -0.15) is 0 Å². The fourth-order valence-corrected chi connectivity index (χ4v) is 4.06. The van der Waals surface area contributed by atoms with Crippen LogP contribution in [0.1, 0.15) is 34.6 Å². The first-order chi connectivity index (χ1) is 11.1. The summed E-state index contributed by atoms with van der Waals surface area (Å²) in [7, 11) is 0. The Bertz CT molecular complexity index is 704. The number of hydrogen-bond donors (Lipinski definition) is 0. The van der Waals surface area contributed by atoms with E-state index in [9.17, 15) is 4.79 Å². The van der Waals surface area contributed by atoms with E-state index in [1.807, 2.05) is 18.7 Å². The average molecular weight is 330 g/mol. The third-order valence-corrected chi connectivity index (χ3v) is 5.25. The van der Waals surface area contributed by atoms with Crippen molar-refractivity contribution in [2.24, 2.45) is 0 Å². The molecule has 1 aliphatic rings. The van der Waals surface area contributed by atoms with Crippen molar-refractivity contribution in [1.82, 2.24) is 5.16 Å². The minimum Gasteiger partial charge on any atom is -0.361 e. The summed E-state index contributed by atoms with van der Waals surface area (Å²) in [6.07, 6.45) is 2.10. The van der Waals surface area contributed by atoms with Crippen molar-refractivity contribution < 1.29 is 9.32 Å². The summed E-state index contributed by atoms with van der Waals surface area (Å²) in [5.74, 6) is 2.28. The molecule has 3 rings (SSSR count). The van der Waals surface area contributed by atoms with E-state index in [2.05, 4.69) is 30.3 Å². The first kappa shape index (κ1) is 16.1. The molecular formula is C18H22N2O2S. The number of aryl methyl sites for hydroxylation is 4. The summed E-state index contributed by atoms with van der Waals surface area (Å²) in [5.41, 5.74) is 5.66. The number of anilines is 1. The van der Waals surface area contributed by atoms with Gasteiger partial charge in [-0.25, -0.2) is 0 Å². The minimum absolute atomic E-state index is 0.187. The zero-order valence-corrected chi connectivity index (χ0v) is 14.7. The molecule has 23 heavy (non-hydrogen) atoms. The van der Waals surface area contributed by atoms with Crippen LogP contribution >= 0.6 is 11.8 Å². The van der Waals surface area contributed by atoms with Crippen LogP contribution in [0.15, 0.2) is 22.7 Å². The van der Waals surface area contributed by atoms with Gasteiger partial charge in [-0.05, 0) is 45.2 Å². The molecule has 5 heteroatoms. The van der Waals surface area contributed by atoms with Crippen LogP contribution in [-0.4, -0.2) is 23.4 Å². The number of hydrogen-bond acceptors (Lipinski definition) is 4. The molecule has 0 fully saturated rings. The van der Waals surface area contributed by atoms with Crippen molar-refractivity contribution >= 4 is 23.4 Å². The van der Waals surface area contributed by atoms with E-state index in [0.29, 0.717) is 5.75 Å². The van der Waals surface area contributed by atoms with Crippen LogP contribution in [0.25, 0.3) is 0 Å². The van der Waals surface area contributed by atoms with Gasteiger partial charge in [-0.3, -0.25) is 4.79 Å². The maximum atomic E-state index is 12.6. The van der Waals surface area contributed by atoms with Crippen LogP contribution in [0.3, 0.4) is 0 Å². The van der Waals surface area contributed by atoms with Crippen LogP contribution < -0.4 is 4.90 Å². The first-order valence-corrected chi connectivity index (χ1v) is 9.11. The third kappa shape index (κ3) is 3.44. The molecule has 122 valence electrons. The summed E-state index contributed by atoms with van der Waals surface area (Å²) in [4.78, 5) is 14.6. The Kier molecular flexibility index (Phi) is 4.76. The monoisotopic (exact) mass is 330 g/mol. The van der Waals surface area contributed by atoms with Crippen molar-refractivity contribution in [2.75, 3.05) is 17.2 Å². The summed E-state index contributed by atoms with van der Waals surface area (Å²) in [6.45, 7) is 6.78. The lowest BCUT2D eigenvalue weighted by Gasteiger charge is -2.29. The number of carbonyl (C=O) groups is 1. The van der Waals surface area contributed by atoms with Crippen LogP contribution in [0.2, 0.25) is 0 Å². The maximum Gasteiger partial charge on any atom is 0.236 e. The molecule has 1 amide bonds. The minimum atomic E-state index is 0.187. The molecule has 0 atom stereocenters. The predicted octanol–water partition coefficient (Wildman–Crippen LogP) is 3.81. The lowest BCUT2D eigenvalue weighted by atomic mass is 9.99. The summed E-state index contributed by atoms with van der Waals surface area (Å²) in [5, 5.41) is 3.96. The summed E-state index contributed by atoms with van der Waals surface area (Å²) < 4.78 is 5.17. The average Bonchev–Trinajstić information content (AvgIpc) is 2.85. The third-order valence-electron chi connectivity index (χ3n) is 4.31. The molecule has 1 aromatic carbocycles. The summed E-state index contributed by atoms with van der Waals surface area (Å²) >= 11 is 1.63. The van der Waals surface area contributed by atoms with Crippen molar-refractivity contribution in [2.45, 2.75) is 39.4 Å². The van der Waals surface area contributed by atoms with E-state index < -0.39 is 0 Å². The van der Waals surface area contributed by atoms with E-state index in [1.54, 1.807) is 11.8 Å². The van der Waals surface area contributed by atoms with Crippen molar-refractivity contribution in [1.29, 1.82) is 0 Å². The second-order valence-electron chi connectivity index (χ2n) is 6.08. The predicted molar refractivity (Wildman–Crippen MR) is 94.0 cm³/mol. The molecule has 1 aliphatic heterocycles. The maximum absolute atomic E-state index is 12.6. The SMILES string of the molecule is Cc1ccc2c(c1)CCCN2C(=O)CSCc1c(C)noc1C. The normalized spacial score (nSPS) is 14.0. The lowest BCUT2D eigenvalue weighted by molar-refractivity contribution is -0.116. The van der Waals surface area contributed by atoms with Gasteiger partial charge >= 0.3 is 0 Å². The Morgan fingerprint density at radius 3 is 2.91 bits per heavy atom. The van der Waals surface area contributed by atoms with Crippen molar-refractivity contribution in [3.05, 3.63) is 46.3 Å². The van der Waals surface area contributed by atoms with E-state index in [4.69, 9.17) is 4.52 Å². The zero-order chi connectivity index (χ0) is 16.4. The number of aromatic nitrogens is 1. The van der Waals surface area contributed by atoms with Crippen LogP contribution in [0.4, 0.5) is 5.69 Å². The molecule has 2 heterocycles. The highest BCUT2D eigenvalue weighted by atomic mass is 32.2.